The molecule has 2 spiro atoms. The van der Waals surface area contributed by atoms with E-state index < -0.39 is 11.0 Å². The second kappa shape index (κ2) is 6.00. The number of rotatable bonds is 1. The average Bonchev–Trinajstić information content (AvgIpc) is 3.32. The van der Waals surface area contributed by atoms with E-state index >= 15 is 0 Å². The third-order valence-electron chi connectivity index (χ3n) is 7.41. The van der Waals surface area contributed by atoms with Gasteiger partial charge in [0.25, 0.3) is 5.91 Å². The molecule has 3 aromatic carbocycles. The van der Waals surface area contributed by atoms with Gasteiger partial charge >= 0.3 is 0 Å². The van der Waals surface area contributed by atoms with E-state index in [1.807, 2.05) is 60.7 Å². The molecule has 3 aliphatic heterocycles. The summed E-state index contributed by atoms with van der Waals surface area (Å²) in [4.78, 5) is 31.8. The maximum Gasteiger partial charge on any atom is 0.277 e. The molecule has 0 saturated heterocycles. The van der Waals surface area contributed by atoms with E-state index in [1.165, 1.54) is 0 Å². The zero-order valence-corrected chi connectivity index (χ0v) is 18.5. The van der Waals surface area contributed by atoms with Gasteiger partial charge in [-0.3, -0.25) is 9.59 Å². The van der Waals surface area contributed by atoms with Gasteiger partial charge in [-0.05, 0) is 29.7 Å². The first-order valence-electron chi connectivity index (χ1n) is 10.9. The number of amides is 2. The first-order valence-corrected chi connectivity index (χ1v) is 10.9. The van der Waals surface area contributed by atoms with Crippen molar-refractivity contribution < 1.29 is 14.3 Å². The summed E-state index contributed by atoms with van der Waals surface area (Å²) in [5.74, 6) is 0.496. The fourth-order valence-electron chi connectivity index (χ4n) is 5.87. The summed E-state index contributed by atoms with van der Waals surface area (Å²) < 4.78 is 6.67. The Bertz CT molecular complexity index is 1330. The molecule has 0 aliphatic carbocycles. The highest BCUT2D eigenvalue weighted by Gasteiger charge is 2.76. The van der Waals surface area contributed by atoms with Crippen LogP contribution in [-0.2, 0) is 20.6 Å². The Balaban J connectivity index is 1.80. The fraction of sp³-hybridized carbons (Fsp3) is 0.259. The number of fused-ring (bicyclic) bond motifs is 7. The van der Waals surface area contributed by atoms with E-state index in [4.69, 9.17) is 4.74 Å². The Morgan fingerprint density at radius 1 is 0.750 bits per heavy atom. The number of carbonyl (C=O) groups is 2. The van der Waals surface area contributed by atoms with Crippen LogP contribution >= 0.6 is 0 Å². The fourth-order valence-corrected chi connectivity index (χ4v) is 5.87. The molecule has 6 rings (SSSR count). The molecular weight excluding hydrogens is 400 g/mol. The topological polar surface area (TPSA) is 49.9 Å². The minimum atomic E-state index is -1.49. The first kappa shape index (κ1) is 19.1. The van der Waals surface area contributed by atoms with Gasteiger partial charge < -0.3 is 14.5 Å². The van der Waals surface area contributed by atoms with Crippen LogP contribution in [0, 0.1) is 0 Å². The number of nitrogens with zero attached hydrogens (tertiary/aromatic N) is 2. The van der Waals surface area contributed by atoms with Crippen molar-refractivity contribution in [3.05, 3.63) is 89.0 Å². The number of hydrogen-bond acceptors (Lipinski definition) is 3. The summed E-state index contributed by atoms with van der Waals surface area (Å²) in [7, 11) is 3.54. The van der Waals surface area contributed by atoms with Gasteiger partial charge in [-0.1, -0.05) is 62.4 Å². The molecule has 5 heteroatoms. The Hall–Kier alpha value is -3.60. The second-order valence-electron chi connectivity index (χ2n) is 9.21. The van der Waals surface area contributed by atoms with Crippen molar-refractivity contribution in [1.82, 2.24) is 0 Å². The quantitative estimate of drug-likeness (QED) is 0.584. The molecule has 160 valence electrons. The molecule has 0 aromatic heterocycles. The number of benzene rings is 3. The van der Waals surface area contributed by atoms with Crippen LogP contribution in [-0.4, -0.2) is 25.9 Å². The van der Waals surface area contributed by atoms with Crippen molar-refractivity contribution >= 4 is 23.2 Å². The van der Waals surface area contributed by atoms with Crippen LogP contribution in [0.3, 0.4) is 0 Å². The number of ether oxygens (including phenoxy) is 1. The molecule has 3 heterocycles. The van der Waals surface area contributed by atoms with Gasteiger partial charge in [-0.2, -0.15) is 0 Å². The van der Waals surface area contributed by atoms with Crippen molar-refractivity contribution in [3.8, 4) is 5.75 Å². The van der Waals surface area contributed by atoms with Crippen molar-refractivity contribution in [1.29, 1.82) is 0 Å². The van der Waals surface area contributed by atoms with E-state index in [1.54, 1.807) is 23.9 Å². The summed E-state index contributed by atoms with van der Waals surface area (Å²) >= 11 is 0. The summed E-state index contributed by atoms with van der Waals surface area (Å²) in [6.45, 7) is 4.25. The third-order valence-corrected chi connectivity index (χ3v) is 7.41. The van der Waals surface area contributed by atoms with Gasteiger partial charge in [0.1, 0.15) is 5.75 Å². The average molecular weight is 425 g/mol. The summed E-state index contributed by atoms with van der Waals surface area (Å²) in [5, 5.41) is 0. The Labute approximate surface area is 187 Å². The van der Waals surface area contributed by atoms with E-state index in [9.17, 15) is 9.59 Å². The van der Waals surface area contributed by atoms with Gasteiger partial charge in [0.05, 0.1) is 5.69 Å². The molecule has 0 bridgehead atoms. The molecule has 0 N–H and O–H groups in total. The van der Waals surface area contributed by atoms with Crippen LogP contribution in [0.5, 0.6) is 5.75 Å². The van der Waals surface area contributed by atoms with E-state index in [-0.39, 0.29) is 17.7 Å². The number of likely N-dealkylation sites (N-methyl/N-ethyl adjacent to an activating group) is 2. The van der Waals surface area contributed by atoms with Gasteiger partial charge in [0, 0.05) is 36.5 Å². The molecule has 0 radical (unpaired) electrons. The number of para-hydroxylation sites is 2. The maximum atomic E-state index is 14.3. The van der Waals surface area contributed by atoms with Crippen LogP contribution in [0.15, 0.2) is 66.7 Å². The highest BCUT2D eigenvalue weighted by atomic mass is 16.5. The molecule has 2 unspecified atom stereocenters. The largest absolute Gasteiger partial charge is 0.470 e. The van der Waals surface area contributed by atoms with Crippen LogP contribution in [0.4, 0.5) is 11.4 Å². The Morgan fingerprint density at radius 2 is 1.34 bits per heavy atom. The van der Waals surface area contributed by atoms with Crippen LogP contribution < -0.4 is 14.5 Å². The maximum absolute atomic E-state index is 14.3. The van der Waals surface area contributed by atoms with E-state index in [0.717, 1.165) is 33.6 Å². The van der Waals surface area contributed by atoms with Crippen LogP contribution in [0.2, 0.25) is 0 Å². The SMILES string of the molecule is CC(C)c1ccc2c(c1)C1(C(=O)N(C)c3ccccc31)C1(O2)C(=O)N(C)c2ccccc21. The van der Waals surface area contributed by atoms with Crippen molar-refractivity contribution in [2.45, 2.75) is 30.8 Å². The summed E-state index contributed by atoms with van der Waals surface area (Å²) in [6.07, 6.45) is 0. The molecule has 3 aliphatic rings. The summed E-state index contributed by atoms with van der Waals surface area (Å²) in [6, 6.07) is 21.4. The van der Waals surface area contributed by atoms with Gasteiger partial charge in [0.2, 0.25) is 11.5 Å². The standard InChI is InChI=1S/C27H24N2O3/c1-16(2)17-13-14-23-20(15-17)26(18-9-5-7-11-21(18)28(3)24(26)30)27(32-23)19-10-6-8-12-22(19)29(4)25(27)31/h5-16H,1-4H3. The first-order chi connectivity index (χ1) is 15.4. The number of carbonyl (C=O) groups excluding carboxylic acids is 2. The van der Waals surface area contributed by atoms with E-state index in [0.29, 0.717) is 5.75 Å². The van der Waals surface area contributed by atoms with Crippen molar-refractivity contribution in [2.75, 3.05) is 23.9 Å². The predicted molar refractivity (Wildman–Crippen MR) is 123 cm³/mol. The highest BCUT2D eigenvalue weighted by molar-refractivity contribution is 6.20. The zero-order valence-electron chi connectivity index (χ0n) is 18.5. The summed E-state index contributed by atoms with van der Waals surface area (Å²) in [5.41, 5.74) is 2.21. The number of anilines is 2. The minimum Gasteiger partial charge on any atom is -0.470 e. The van der Waals surface area contributed by atoms with Crippen molar-refractivity contribution in [2.24, 2.45) is 0 Å². The minimum absolute atomic E-state index is 0.142. The van der Waals surface area contributed by atoms with Crippen LogP contribution in [0.25, 0.3) is 0 Å². The molecule has 0 fully saturated rings. The Kier molecular flexibility index (Phi) is 3.59. The third kappa shape index (κ3) is 1.87. The lowest BCUT2D eigenvalue weighted by Crippen LogP contribution is -2.59. The molecule has 2 amide bonds. The van der Waals surface area contributed by atoms with E-state index in [2.05, 4.69) is 19.9 Å². The highest BCUT2D eigenvalue weighted by Crippen LogP contribution is 2.66. The molecular formula is C27H24N2O3. The molecule has 3 aromatic rings. The Morgan fingerprint density at radius 3 is 2.03 bits per heavy atom. The molecule has 5 nitrogen and oxygen atoms in total. The van der Waals surface area contributed by atoms with Crippen LogP contribution in [0.1, 0.15) is 42.0 Å². The molecule has 0 saturated carbocycles. The predicted octanol–water partition coefficient (Wildman–Crippen LogP) is 4.34. The lowest BCUT2D eigenvalue weighted by molar-refractivity contribution is -0.142. The smallest absolute Gasteiger partial charge is 0.277 e. The van der Waals surface area contributed by atoms with Gasteiger partial charge in [0.15, 0.2) is 5.41 Å². The van der Waals surface area contributed by atoms with Gasteiger partial charge in [-0.15, -0.1) is 0 Å². The molecule has 2 atom stereocenters. The number of hydrogen-bond donors (Lipinski definition) is 0. The monoisotopic (exact) mass is 424 g/mol. The van der Waals surface area contributed by atoms with Crippen molar-refractivity contribution in [3.63, 3.8) is 0 Å². The normalized spacial score (nSPS) is 25.0. The zero-order chi connectivity index (χ0) is 22.4. The van der Waals surface area contributed by atoms with Gasteiger partial charge in [-0.25, -0.2) is 0 Å². The molecule has 32 heavy (non-hydrogen) atoms. The lowest BCUT2D eigenvalue weighted by atomic mass is 9.62. The lowest BCUT2D eigenvalue weighted by Gasteiger charge is -2.37. The second-order valence-corrected chi connectivity index (χ2v) is 9.21.